The predicted molar refractivity (Wildman–Crippen MR) is 179 cm³/mol. The van der Waals surface area contributed by atoms with Crippen LogP contribution in [0, 0.1) is 5.82 Å². The quantitative estimate of drug-likeness (QED) is 0.117. The number of carbonyl (C=O) groups excluding carboxylic acids is 1. The van der Waals surface area contributed by atoms with Crippen LogP contribution in [0.25, 0.3) is 11.1 Å². The number of hydrogen-bond acceptors (Lipinski definition) is 5. The molecule has 3 aromatic carbocycles. The number of aryl methyl sites for hydroxylation is 2. The van der Waals surface area contributed by atoms with Gasteiger partial charge in [-0.15, -0.1) is 0 Å². The van der Waals surface area contributed by atoms with E-state index in [4.69, 9.17) is 4.84 Å². The fraction of sp³-hybridized carbons (Fsp3) is 0.378. The van der Waals surface area contributed by atoms with E-state index >= 15 is 0 Å². The van der Waals surface area contributed by atoms with Crippen LogP contribution in [-0.2, 0) is 50.0 Å². The molecule has 4 aromatic rings. The van der Waals surface area contributed by atoms with Gasteiger partial charge in [-0.2, -0.15) is 18.2 Å². The van der Waals surface area contributed by atoms with E-state index in [1.54, 1.807) is 17.0 Å². The van der Waals surface area contributed by atoms with Crippen molar-refractivity contribution in [2.24, 2.45) is 0 Å². The van der Waals surface area contributed by atoms with Crippen molar-refractivity contribution in [3.05, 3.63) is 123 Å². The van der Waals surface area contributed by atoms with E-state index < -0.39 is 17.8 Å². The molecule has 1 aromatic heterocycles. The standard InChI is InChI=1S/C37H41F4N5O3/c1-3-44(4-2)22-23-45(24-27-8-13-28(14-9-27)29-15-17-30(18-16-29)37(39,40)41)36(48)43-49-25-46-33-7-5-6-32(33)35(47)42-34(46)21-12-26-10-19-31(38)20-11-26/h8-11,13-20H,3-7,12,21-25H2,1-2H3,(H,43,48). The zero-order valence-electron chi connectivity index (χ0n) is 27.7. The minimum atomic E-state index is -4.40. The van der Waals surface area contributed by atoms with Crippen molar-refractivity contribution in [1.82, 2.24) is 24.8 Å². The summed E-state index contributed by atoms with van der Waals surface area (Å²) in [4.78, 5) is 40.3. The number of rotatable bonds is 14. The van der Waals surface area contributed by atoms with Crippen molar-refractivity contribution in [2.75, 3.05) is 26.2 Å². The molecule has 1 aliphatic carbocycles. The van der Waals surface area contributed by atoms with E-state index in [1.165, 1.54) is 24.3 Å². The van der Waals surface area contributed by atoms with Crippen LogP contribution in [0.2, 0.25) is 0 Å². The number of alkyl halides is 3. The van der Waals surface area contributed by atoms with Gasteiger partial charge in [0.1, 0.15) is 11.6 Å². The summed E-state index contributed by atoms with van der Waals surface area (Å²) in [6.07, 6.45) is -1.24. The summed E-state index contributed by atoms with van der Waals surface area (Å²) in [5, 5.41) is 0. The lowest BCUT2D eigenvalue weighted by Gasteiger charge is -2.27. The Morgan fingerprint density at radius 2 is 1.51 bits per heavy atom. The lowest BCUT2D eigenvalue weighted by molar-refractivity contribution is -0.137. The molecule has 12 heteroatoms. The van der Waals surface area contributed by atoms with Crippen LogP contribution < -0.4 is 11.0 Å². The Balaban J connectivity index is 1.27. The monoisotopic (exact) mass is 679 g/mol. The van der Waals surface area contributed by atoms with Crippen LogP contribution in [0.4, 0.5) is 22.4 Å². The highest BCUT2D eigenvalue weighted by Gasteiger charge is 2.30. The number of likely N-dealkylation sites (N-methyl/N-ethyl adjacent to an activating group) is 1. The SMILES string of the molecule is CCN(CC)CCN(Cc1ccc(-c2ccc(C(F)(F)F)cc2)cc1)C(=O)NOCn1c(CCc2ccc(F)cc2)nc(=O)c2c1CCC2. The second kappa shape index (κ2) is 16.2. The molecule has 0 fully saturated rings. The van der Waals surface area contributed by atoms with Crippen LogP contribution in [0.1, 0.15) is 54.0 Å². The van der Waals surface area contributed by atoms with Gasteiger partial charge >= 0.3 is 12.2 Å². The average Bonchev–Trinajstić information content (AvgIpc) is 3.60. The number of amides is 2. The number of fused-ring (bicyclic) bond motifs is 1. The van der Waals surface area contributed by atoms with Gasteiger partial charge in [-0.25, -0.2) is 14.7 Å². The van der Waals surface area contributed by atoms with E-state index in [2.05, 4.69) is 29.2 Å². The maximum Gasteiger partial charge on any atom is 0.416 e. The Kier molecular flexibility index (Phi) is 11.8. The topological polar surface area (TPSA) is 79.7 Å². The van der Waals surface area contributed by atoms with Gasteiger partial charge in [-0.1, -0.05) is 62.4 Å². The predicted octanol–water partition coefficient (Wildman–Crippen LogP) is 6.78. The zero-order chi connectivity index (χ0) is 35.0. The molecule has 0 radical (unpaired) electrons. The molecule has 0 saturated carbocycles. The smallest absolute Gasteiger partial charge is 0.317 e. The molecule has 0 saturated heterocycles. The molecule has 0 spiro atoms. The highest BCUT2D eigenvalue weighted by atomic mass is 19.4. The third-order valence-corrected chi connectivity index (χ3v) is 8.96. The molecular weight excluding hydrogens is 638 g/mol. The summed E-state index contributed by atoms with van der Waals surface area (Å²) < 4.78 is 54.2. The Morgan fingerprint density at radius 1 is 0.878 bits per heavy atom. The van der Waals surface area contributed by atoms with Gasteiger partial charge in [0, 0.05) is 37.3 Å². The van der Waals surface area contributed by atoms with Gasteiger partial charge in [0.2, 0.25) is 0 Å². The van der Waals surface area contributed by atoms with E-state index in [0.717, 1.165) is 54.0 Å². The van der Waals surface area contributed by atoms with Crippen molar-refractivity contribution in [3.63, 3.8) is 0 Å². The summed E-state index contributed by atoms with van der Waals surface area (Å²) >= 11 is 0. The first-order chi connectivity index (χ1) is 23.5. The van der Waals surface area contributed by atoms with Crippen molar-refractivity contribution in [1.29, 1.82) is 0 Å². The Morgan fingerprint density at radius 3 is 2.14 bits per heavy atom. The molecule has 0 bridgehead atoms. The van der Waals surface area contributed by atoms with Gasteiger partial charge in [0.15, 0.2) is 6.73 Å². The number of halogens is 4. The molecule has 1 heterocycles. The van der Waals surface area contributed by atoms with E-state index in [-0.39, 0.29) is 24.7 Å². The highest BCUT2D eigenvalue weighted by Crippen LogP contribution is 2.31. The van der Waals surface area contributed by atoms with Crippen molar-refractivity contribution in [2.45, 2.75) is 65.4 Å². The van der Waals surface area contributed by atoms with Gasteiger partial charge < -0.3 is 14.4 Å². The maximum atomic E-state index is 13.5. The second-order valence-electron chi connectivity index (χ2n) is 12.1. The number of urea groups is 1. The first-order valence-electron chi connectivity index (χ1n) is 16.6. The first-order valence-corrected chi connectivity index (χ1v) is 16.6. The van der Waals surface area contributed by atoms with Crippen LogP contribution in [-0.4, -0.2) is 51.6 Å². The molecule has 1 N–H and O–H groups in total. The van der Waals surface area contributed by atoms with Crippen molar-refractivity contribution < 1.29 is 27.2 Å². The summed E-state index contributed by atoms with van der Waals surface area (Å²) in [6.45, 7) is 7.09. The molecule has 1 aliphatic rings. The number of benzene rings is 3. The minimum absolute atomic E-state index is 0.0359. The van der Waals surface area contributed by atoms with E-state index in [0.29, 0.717) is 55.7 Å². The Hall–Kier alpha value is -4.55. The van der Waals surface area contributed by atoms with Gasteiger partial charge in [-0.05, 0) is 85.3 Å². The first kappa shape index (κ1) is 35.7. The third-order valence-electron chi connectivity index (χ3n) is 8.96. The van der Waals surface area contributed by atoms with Gasteiger partial charge in [0.05, 0.1) is 5.56 Å². The summed E-state index contributed by atoms with van der Waals surface area (Å²) in [6, 6.07) is 18.2. The molecule has 260 valence electrons. The fourth-order valence-corrected chi connectivity index (χ4v) is 6.06. The number of nitrogens with one attached hydrogen (secondary N) is 1. The molecule has 2 amide bonds. The second-order valence-corrected chi connectivity index (χ2v) is 12.1. The number of hydroxylamine groups is 1. The lowest BCUT2D eigenvalue weighted by Crippen LogP contribution is -2.44. The lowest BCUT2D eigenvalue weighted by atomic mass is 10.0. The molecule has 49 heavy (non-hydrogen) atoms. The maximum absolute atomic E-state index is 13.5. The normalized spacial score (nSPS) is 12.7. The number of nitrogens with zero attached hydrogens (tertiary/aromatic N) is 4. The van der Waals surface area contributed by atoms with Crippen LogP contribution >= 0.6 is 0 Å². The number of aromatic nitrogens is 2. The van der Waals surface area contributed by atoms with E-state index in [1.807, 2.05) is 28.8 Å². The molecule has 0 aliphatic heterocycles. The summed E-state index contributed by atoms with van der Waals surface area (Å²) in [5.41, 5.74) is 6.34. The summed E-state index contributed by atoms with van der Waals surface area (Å²) in [7, 11) is 0. The van der Waals surface area contributed by atoms with Crippen molar-refractivity contribution >= 4 is 6.03 Å². The fourth-order valence-electron chi connectivity index (χ4n) is 6.06. The van der Waals surface area contributed by atoms with E-state index in [9.17, 15) is 27.2 Å². The average molecular weight is 680 g/mol. The highest BCUT2D eigenvalue weighted by molar-refractivity contribution is 5.73. The van der Waals surface area contributed by atoms with Gasteiger partial charge in [0.25, 0.3) is 5.56 Å². The Labute approximate surface area is 283 Å². The molecular formula is C37H41F4N5O3. The molecule has 8 nitrogen and oxygen atoms in total. The van der Waals surface area contributed by atoms with Crippen LogP contribution in [0.15, 0.2) is 77.6 Å². The minimum Gasteiger partial charge on any atom is -0.317 e. The zero-order valence-corrected chi connectivity index (χ0v) is 27.7. The summed E-state index contributed by atoms with van der Waals surface area (Å²) in [5.74, 6) is 0.220. The van der Waals surface area contributed by atoms with Crippen LogP contribution in [0.5, 0.6) is 0 Å². The Bertz CT molecular complexity index is 1750. The van der Waals surface area contributed by atoms with Gasteiger partial charge in [-0.3, -0.25) is 9.63 Å². The number of carbonyl (C=O) groups is 1. The third kappa shape index (κ3) is 9.33. The van der Waals surface area contributed by atoms with Crippen molar-refractivity contribution in [3.8, 4) is 11.1 Å². The molecule has 0 atom stereocenters. The molecule has 5 rings (SSSR count). The molecule has 0 unspecified atom stereocenters. The van der Waals surface area contributed by atoms with Crippen LogP contribution in [0.3, 0.4) is 0 Å². The number of hydrogen-bond donors (Lipinski definition) is 1. The largest absolute Gasteiger partial charge is 0.416 e.